The fourth-order valence-corrected chi connectivity index (χ4v) is 3.04. The number of carbonyl (C=O) groups excluding carboxylic acids is 1. The summed E-state index contributed by atoms with van der Waals surface area (Å²) in [7, 11) is -4.04. The summed E-state index contributed by atoms with van der Waals surface area (Å²) in [6.07, 6.45) is 0. The van der Waals surface area contributed by atoms with Gasteiger partial charge in [0.1, 0.15) is 6.04 Å². The maximum atomic E-state index is 12.2. The Morgan fingerprint density at radius 3 is 2.52 bits per heavy atom. The van der Waals surface area contributed by atoms with Crippen molar-refractivity contribution in [1.29, 1.82) is 0 Å². The number of aliphatic carboxylic acids is 1. The Kier molecular flexibility index (Phi) is 5.45. The molecule has 0 aromatic heterocycles. The summed E-state index contributed by atoms with van der Waals surface area (Å²) in [6.45, 7) is 4.57. The second-order valence-electron chi connectivity index (χ2n) is 4.38. The normalized spacial score (nSPS) is 12.7. The third-order valence-corrected chi connectivity index (χ3v) is 4.37. The Bertz CT molecular complexity index is 653. The Labute approximate surface area is 123 Å². The van der Waals surface area contributed by atoms with E-state index in [9.17, 15) is 18.0 Å². The molecule has 21 heavy (non-hydrogen) atoms. The van der Waals surface area contributed by atoms with E-state index in [1.165, 1.54) is 25.1 Å². The fraction of sp³-hybridized carbons (Fsp3) is 0.385. The average Bonchev–Trinajstić information content (AvgIpc) is 2.38. The van der Waals surface area contributed by atoms with Gasteiger partial charge in [-0.3, -0.25) is 4.79 Å². The molecule has 0 amide bonds. The summed E-state index contributed by atoms with van der Waals surface area (Å²) < 4.78 is 31.2. The lowest BCUT2D eigenvalue weighted by molar-refractivity contribution is -0.138. The van der Waals surface area contributed by atoms with E-state index < -0.39 is 28.0 Å². The first-order chi connectivity index (χ1) is 9.69. The van der Waals surface area contributed by atoms with Crippen molar-refractivity contribution in [1.82, 2.24) is 4.72 Å². The highest BCUT2D eigenvalue weighted by atomic mass is 32.2. The van der Waals surface area contributed by atoms with Crippen LogP contribution in [0, 0.1) is 6.92 Å². The van der Waals surface area contributed by atoms with Crippen LogP contribution in [-0.4, -0.2) is 38.1 Å². The molecule has 8 heteroatoms. The first-order valence-corrected chi connectivity index (χ1v) is 7.70. The highest BCUT2D eigenvalue weighted by Gasteiger charge is 2.24. The van der Waals surface area contributed by atoms with Crippen LogP contribution in [-0.2, 0) is 19.6 Å². The molecule has 0 fully saturated rings. The molecule has 0 saturated heterocycles. The zero-order valence-electron chi connectivity index (χ0n) is 11.9. The summed E-state index contributed by atoms with van der Waals surface area (Å²) in [5.41, 5.74) is 0.485. The molecule has 116 valence electrons. The number of carboxylic acid groups (broad SMARTS) is 1. The van der Waals surface area contributed by atoms with Crippen molar-refractivity contribution in [2.45, 2.75) is 31.7 Å². The van der Waals surface area contributed by atoms with E-state index in [0.29, 0.717) is 5.56 Å². The van der Waals surface area contributed by atoms with Crippen LogP contribution >= 0.6 is 0 Å². The van der Waals surface area contributed by atoms with Crippen molar-refractivity contribution in [2.75, 3.05) is 6.61 Å². The van der Waals surface area contributed by atoms with Gasteiger partial charge in [0, 0.05) is 0 Å². The third-order valence-electron chi connectivity index (χ3n) is 2.69. The van der Waals surface area contributed by atoms with E-state index >= 15 is 0 Å². The van der Waals surface area contributed by atoms with Gasteiger partial charge in [-0.05, 0) is 38.5 Å². The number of benzene rings is 1. The van der Waals surface area contributed by atoms with E-state index in [0.717, 1.165) is 0 Å². The van der Waals surface area contributed by atoms with Crippen molar-refractivity contribution in [3.63, 3.8) is 0 Å². The average molecular weight is 315 g/mol. The van der Waals surface area contributed by atoms with Gasteiger partial charge in [0.2, 0.25) is 10.0 Å². The summed E-state index contributed by atoms with van der Waals surface area (Å²) in [5, 5.41) is 8.77. The monoisotopic (exact) mass is 315 g/mol. The summed E-state index contributed by atoms with van der Waals surface area (Å²) in [5.74, 6) is -1.93. The number of ether oxygens (including phenoxy) is 1. The lowest BCUT2D eigenvalue weighted by atomic mass is 10.1. The molecule has 0 heterocycles. The summed E-state index contributed by atoms with van der Waals surface area (Å²) in [6, 6.07) is 2.81. The van der Waals surface area contributed by atoms with Gasteiger partial charge in [-0.15, -0.1) is 0 Å². The van der Waals surface area contributed by atoms with Crippen molar-refractivity contribution in [2.24, 2.45) is 0 Å². The number of sulfonamides is 1. The number of hydrogen-bond donors (Lipinski definition) is 2. The van der Waals surface area contributed by atoms with Crippen molar-refractivity contribution >= 4 is 22.0 Å². The Morgan fingerprint density at radius 2 is 2.00 bits per heavy atom. The van der Waals surface area contributed by atoms with Gasteiger partial charge in [-0.2, -0.15) is 4.72 Å². The molecule has 0 bridgehead atoms. The van der Waals surface area contributed by atoms with Crippen LogP contribution in [0.25, 0.3) is 0 Å². The standard InChI is InChI=1S/C13H17NO6S/c1-4-20-13(17)10-6-5-8(2)11(7-10)21(18,19)14-9(3)12(15)16/h5-7,9,14H,4H2,1-3H3,(H,15,16)/t9-/m1/s1. The molecule has 0 spiro atoms. The first kappa shape index (κ1) is 17.1. The predicted octanol–water partition coefficient (Wildman–Crippen LogP) is 0.923. The summed E-state index contributed by atoms with van der Waals surface area (Å²) >= 11 is 0. The maximum Gasteiger partial charge on any atom is 0.338 e. The topological polar surface area (TPSA) is 110 Å². The zero-order valence-corrected chi connectivity index (χ0v) is 12.7. The van der Waals surface area contributed by atoms with E-state index in [1.807, 2.05) is 4.72 Å². The Morgan fingerprint density at radius 1 is 1.38 bits per heavy atom. The maximum absolute atomic E-state index is 12.2. The van der Waals surface area contributed by atoms with Crippen LogP contribution in [0.15, 0.2) is 23.1 Å². The van der Waals surface area contributed by atoms with E-state index in [1.54, 1.807) is 13.8 Å². The highest BCUT2D eigenvalue weighted by molar-refractivity contribution is 7.89. The second-order valence-corrected chi connectivity index (χ2v) is 6.06. The second kappa shape index (κ2) is 6.68. The van der Waals surface area contributed by atoms with Gasteiger partial charge in [0.25, 0.3) is 0 Å². The SMILES string of the molecule is CCOC(=O)c1ccc(C)c(S(=O)(=O)N[C@H](C)C(=O)O)c1. The quantitative estimate of drug-likeness (QED) is 0.756. The van der Waals surface area contributed by atoms with Gasteiger partial charge >= 0.3 is 11.9 Å². The largest absolute Gasteiger partial charge is 0.480 e. The molecular weight excluding hydrogens is 298 g/mol. The van der Waals surface area contributed by atoms with Gasteiger partial charge in [0.05, 0.1) is 17.1 Å². The molecule has 0 unspecified atom stereocenters. The molecule has 0 aliphatic carbocycles. The molecular formula is C13H17NO6S. The number of carboxylic acids is 1. The van der Waals surface area contributed by atoms with Crippen LogP contribution in [0.2, 0.25) is 0 Å². The molecule has 0 aliphatic rings. The van der Waals surface area contributed by atoms with Crippen LogP contribution in [0.3, 0.4) is 0 Å². The van der Waals surface area contributed by atoms with Crippen molar-refractivity contribution < 1.29 is 27.9 Å². The van der Waals surface area contributed by atoms with Crippen molar-refractivity contribution in [3.05, 3.63) is 29.3 Å². The van der Waals surface area contributed by atoms with Gasteiger partial charge in [-0.25, -0.2) is 13.2 Å². The fourth-order valence-electron chi connectivity index (χ4n) is 1.58. The smallest absolute Gasteiger partial charge is 0.338 e. The molecule has 1 aromatic carbocycles. The van der Waals surface area contributed by atoms with Gasteiger partial charge in [-0.1, -0.05) is 6.07 Å². The highest BCUT2D eigenvalue weighted by Crippen LogP contribution is 2.18. The zero-order chi connectivity index (χ0) is 16.2. The molecule has 2 N–H and O–H groups in total. The predicted molar refractivity (Wildman–Crippen MR) is 74.6 cm³/mol. The van der Waals surface area contributed by atoms with E-state index in [-0.39, 0.29) is 17.1 Å². The van der Waals surface area contributed by atoms with Gasteiger partial charge < -0.3 is 9.84 Å². The number of esters is 1. The minimum absolute atomic E-state index is 0.0887. The number of aryl methyl sites for hydroxylation is 1. The van der Waals surface area contributed by atoms with Crippen molar-refractivity contribution in [3.8, 4) is 0 Å². The minimum atomic E-state index is -4.04. The van der Waals surface area contributed by atoms with Gasteiger partial charge in [0.15, 0.2) is 0 Å². The van der Waals surface area contributed by atoms with E-state index in [2.05, 4.69) is 0 Å². The van der Waals surface area contributed by atoms with Crippen LogP contribution in [0.5, 0.6) is 0 Å². The van der Waals surface area contributed by atoms with Crippen LogP contribution in [0.1, 0.15) is 29.8 Å². The first-order valence-electron chi connectivity index (χ1n) is 6.22. The number of rotatable bonds is 6. The third kappa shape index (κ3) is 4.27. The molecule has 1 rings (SSSR count). The Hall–Kier alpha value is -1.93. The minimum Gasteiger partial charge on any atom is -0.480 e. The lowest BCUT2D eigenvalue weighted by Crippen LogP contribution is -2.38. The number of hydrogen-bond acceptors (Lipinski definition) is 5. The van der Waals surface area contributed by atoms with Crippen LogP contribution in [0.4, 0.5) is 0 Å². The summed E-state index contributed by atoms with van der Waals surface area (Å²) in [4.78, 5) is 22.2. The molecule has 1 aromatic rings. The number of carbonyl (C=O) groups is 2. The lowest BCUT2D eigenvalue weighted by Gasteiger charge is -2.13. The molecule has 0 saturated carbocycles. The van der Waals surface area contributed by atoms with E-state index in [4.69, 9.17) is 9.84 Å². The molecule has 0 radical (unpaired) electrons. The molecule has 7 nitrogen and oxygen atoms in total. The molecule has 1 atom stereocenters. The number of nitrogens with one attached hydrogen (secondary N) is 1. The Balaban J connectivity index is 3.19. The van der Waals surface area contributed by atoms with Crippen LogP contribution < -0.4 is 4.72 Å². The molecule has 0 aliphatic heterocycles.